The van der Waals surface area contributed by atoms with Gasteiger partial charge in [-0.25, -0.2) is 14.4 Å². The maximum atomic E-state index is 14.1. The van der Waals surface area contributed by atoms with E-state index in [9.17, 15) is 14.5 Å². The zero-order valence-corrected chi connectivity index (χ0v) is 17.1. The van der Waals surface area contributed by atoms with E-state index >= 15 is 0 Å². The Kier molecular flexibility index (Phi) is 5.93. The Morgan fingerprint density at radius 1 is 0.900 bits per heavy atom. The van der Waals surface area contributed by atoms with E-state index in [-0.39, 0.29) is 16.4 Å². The number of nitro groups is 1. The number of benzene rings is 1. The molecule has 4 rings (SSSR count). The monoisotopic (exact) mass is 415 g/mol. The fourth-order valence-electron chi connectivity index (χ4n) is 4.11. The summed E-state index contributed by atoms with van der Waals surface area (Å²) in [5.74, 6) is 0.472. The van der Waals surface area contributed by atoms with Crippen LogP contribution in [0.3, 0.4) is 0 Å². The average molecular weight is 415 g/mol. The van der Waals surface area contributed by atoms with Crippen LogP contribution < -0.4 is 14.7 Å². The van der Waals surface area contributed by atoms with Crippen LogP contribution in [0.5, 0.6) is 0 Å². The molecule has 0 spiro atoms. The van der Waals surface area contributed by atoms with Crippen LogP contribution >= 0.6 is 0 Å². The molecule has 0 radical (unpaired) electrons. The summed E-state index contributed by atoms with van der Waals surface area (Å²) in [5.41, 5.74) is 0.519. The van der Waals surface area contributed by atoms with Crippen molar-refractivity contribution in [2.75, 3.05) is 74.1 Å². The van der Waals surface area contributed by atoms with Crippen molar-refractivity contribution in [3.8, 4) is 0 Å². The minimum atomic E-state index is -0.373. The van der Waals surface area contributed by atoms with E-state index < -0.39 is 0 Å². The van der Waals surface area contributed by atoms with Gasteiger partial charge in [0.05, 0.1) is 10.6 Å². The molecule has 1 aromatic carbocycles. The minimum Gasteiger partial charge on any atom is -0.366 e. The molecule has 0 saturated carbocycles. The Labute approximate surface area is 174 Å². The van der Waals surface area contributed by atoms with Gasteiger partial charge >= 0.3 is 5.69 Å². The predicted octanol–water partition coefficient (Wildman–Crippen LogP) is 1.99. The van der Waals surface area contributed by atoms with E-state index in [1.165, 1.54) is 12.4 Å². The van der Waals surface area contributed by atoms with E-state index in [2.05, 4.69) is 21.9 Å². The number of likely N-dealkylation sites (N-methyl/N-ethyl adjacent to an activating group) is 1. The number of piperazine rings is 1. The number of nitrogens with zero attached hydrogens (tertiary/aromatic N) is 7. The number of hydrogen-bond donors (Lipinski definition) is 0. The van der Waals surface area contributed by atoms with Crippen LogP contribution in [0.2, 0.25) is 0 Å². The molecule has 30 heavy (non-hydrogen) atoms. The van der Waals surface area contributed by atoms with E-state index in [4.69, 9.17) is 0 Å². The molecule has 2 aromatic rings. The molecule has 160 valence electrons. The molecule has 0 aliphatic carbocycles. The number of hydrogen-bond acceptors (Lipinski definition) is 8. The summed E-state index contributed by atoms with van der Waals surface area (Å²) in [5, 5.41) is 12.0. The summed E-state index contributed by atoms with van der Waals surface area (Å²) in [7, 11) is 2.05. The zero-order valence-electron chi connectivity index (χ0n) is 17.1. The van der Waals surface area contributed by atoms with Gasteiger partial charge in [0.15, 0.2) is 0 Å². The largest absolute Gasteiger partial charge is 0.366 e. The van der Waals surface area contributed by atoms with Crippen molar-refractivity contribution in [2.24, 2.45) is 0 Å². The van der Waals surface area contributed by atoms with Crippen LogP contribution in [0.25, 0.3) is 0 Å². The number of halogens is 1. The standard InChI is InChI=1S/C20H26FN7O2/c1-24-7-4-8-26(10-9-24)19-18(28(29)30)20(23-15-22-19)27-13-11-25(12-14-27)17-6-3-2-5-16(17)21/h2-3,5-6,15H,4,7-14H2,1H3. The fraction of sp³-hybridized carbons (Fsp3) is 0.500. The minimum absolute atomic E-state index is 0.0404. The van der Waals surface area contributed by atoms with Crippen molar-refractivity contribution in [2.45, 2.75) is 6.42 Å². The quantitative estimate of drug-likeness (QED) is 0.554. The zero-order chi connectivity index (χ0) is 21.1. The topological polar surface area (TPSA) is 81.9 Å². The molecule has 0 N–H and O–H groups in total. The molecule has 0 bridgehead atoms. The van der Waals surface area contributed by atoms with Crippen molar-refractivity contribution >= 4 is 23.0 Å². The highest BCUT2D eigenvalue weighted by Gasteiger charge is 2.32. The van der Waals surface area contributed by atoms with Crippen LogP contribution in [0.4, 0.5) is 27.4 Å². The molecule has 0 amide bonds. The first-order chi connectivity index (χ1) is 14.5. The highest BCUT2D eigenvalue weighted by molar-refractivity contribution is 5.71. The van der Waals surface area contributed by atoms with Gasteiger partial charge in [-0.15, -0.1) is 0 Å². The smallest absolute Gasteiger partial charge is 0.353 e. The fourth-order valence-corrected chi connectivity index (χ4v) is 4.11. The Bertz CT molecular complexity index is 904. The maximum absolute atomic E-state index is 14.1. The van der Waals surface area contributed by atoms with Gasteiger partial charge in [0, 0.05) is 45.8 Å². The lowest BCUT2D eigenvalue weighted by atomic mass is 10.2. The third-order valence-corrected chi connectivity index (χ3v) is 5.76. The molecular formula is C20H26FN7O2. The molecule has 2 aliphatic heterocycles. The summed E-state index contributed by atoms with van der Waals surface area (Å²) in [6.45, 7) is 5.37. The molecule has 2 fully saturated rings. The number of anilines is 3. The Morgan fingerprint density at radius 2 is 1.50 bits per heavy atom. The summed E-state index contributed by atoms with van der Waals surface area (Å²) >= 11 is 0. The number of aromatic nitrogens is 2. The summed E-state index contributed by atoms with van der Waals surface area (Å²) < 4.78 is 14.1. The molecule has 2 saturated heterocycles. The second kappa shape index (κ2) is 8.78. The van der Waals surface area contributed by atoms with Crippen LogP contribution in [0, 0.1) is 15.9 Å². The van der Waals surface area contributed by atoms with Crippen molar-refractivity contribution in [3.05, 3.63) is 46.5 Å². The van der Waals surface area contributed by atoms with Crippen molar-refractivity contribution < 1.29 is 9.31 Å². The maximum Gasteiger partial charge on any atom is 0.353 e. The Morgan fingerprint density at radius 3 is 2.17 bits per heavy atom. The lowest BCUT2D eigenvalue weighted by Gasteiger charge is -2.36. The highest BCUT2D eigenvalue weighted by Crippen LogP contribution is 2.35. The van der Waals surface area contributed by atoms with Crippen molar-refractivity contribution in [3.63, 3.8) is 0 Å². The lowest BCUT2D eigenvalue weighted by molar-refractivity contribution is -0.383. The van der Waals surface area contributed by atoms with Gasteiger partial charge in [0.25, 0.3) is 0 Å². The summed E-state index contributed by atoms with van der Waals surface area (Å²) in [6, 6.07) is 6.68. The van der Waals surface area contributed by atoms with Gasteiger partial charge in [-0.2, -0.15) is 0 Å². The van der Waals surface area contributed by atoms with Gasteiger partial charge in [0.1, 0.15) is 12.1 Å². The molecule has 0 unspecified atom stereocenters. The van der Waals surface area contributed by atoms with Crippen LogP contribution in [-0.4, -0.2) is 79.2 Å². The molecule has 3 heterocycles. The molecule has 10 heteroatoms. The van der Waals surface area contributed by atoms with Gasteiger partial charge < -0.3 is 19.6 Å². The van der Waals surface area contributed by atoms with E-state index in [1.807, 2.05) is 20.8 Å². The molecule has 1 aromatic heterocycles. The number of para-hydroxylation sites is 1. The number of rotatable bonds is 4. The first-order valence-corrected chi connectivity index (χ1v) is 10.2. The first-order valence-electron chi connectivity index (χ1n) is 10.2. The van der Waals surface area contributed by atoms with E-state index in [0.29, 0.717) is 50.0 Å². The summed E-state index contributed by atoms with van der Waals surface area (Å²) in [4.78, 5) is 28.3. The van der Waals surface area contributed by atoms with Crippen LogP contribution in [0.15, 0.2) is 30.6 Å². The first kappa shape index (κ1) is 20.3. The normalized spacial score (nSPS) is 18.4. The Balaban J connectivity index is 1.56. The molecule has 9 nitrogen and oxygen atoms in total. The average Bonchev–Trinajstić information content (AvgIpc) is 2.98. The second-order valence-corrected chi connectivity index (χ2v) is 7.70. The van der Waals surface area contributed by atoms with Crippen molar-refractivity contribution in [1.29, 1.82) is 0 Å². The van der Waals surface area contributed by atoms with E-state index in [0.717, 1.165) is 26.1 Å². The van der Waals surface area contributed by atoms with Gasteiger partial charge in [0.2, 0.25) is 11.6 Å². The third kappa shape index (κ3) is 4.13. The highest BCUT2D eigenvalue weighted by atomic mass is 19.1. The van der Waals surface area contributed by atoms with Gasteiger partial charge in [-0.05, 0) is 32.1 Å². The SMILES string of the molecule is CN1CCCN(c2ncnc(N3CCN(c4ccccc4F)CC3)c2[N+](=O)[O-])CC1. The molecule has 0 atom stereocenters. The van der Waals surface area contributed by atoms with Crippen LogP contribution in [-0.2, 0) is 0 Å². The van der Waals surface area contributed by atoms with Crippen molar-refractivity contribution in [1.82, 2.24) is 14.9 Å². The predicted molar refractivity (Wildman–Crippen MR) is 114 cm³/mol. The Hall–Kier alpha value is -3.01. The molecular weight excluding hydrogens is 389 g/mol. The van der Waals surface area contributed by atoms with Gasteiger partial charge in [-0.3, -0.25) is 10.1 Å². The lowest BCUT2D eigenvalue weighted by Crippen LogP contribution is -2.47. The van der Waals surface area contributed by atoms with Gasteiger partial charge in [-0.1, -0.05) is 12.1 Å². The molecule has 2 aliphatic rings. The second-order valence-electron chi connectivity index (χ2n) is 7.70. The van der Waals surface area contributed by atoms with E-state index in [1.54, 1.807) is 12.1 Å². The third-order valence-electron chi connectivity index (χ3n) is 5.76. The van der Waals surface area contributed by atoms with Crippen LogP contribution in [0.1, 0.15) is 6.42 Å². The summed E-state index contributed by atoms with van der Waals surface area (Å²) in [6.07, 6.45) is 2.34.